The Kier molecular flexibility index (Phi) is 8.54. The zero-order valence-electron chi connectivity index (χ0n) is 21.0. The number of nitrogens with one attached hydrogen (secondary N) is 2. The third-order valence-electron chi connectivity index (χ3n) is 6.34. The molecule has 0 aliphatic heterocycles. The van der Waals surface area contributed by atoms with Crippen LogP contribution in [0, 0.1) is 11.3 Å². The number of aliphatic carboxylic acids is 1. The largest absolute Gasteiger partial charge is 0.481 e. The van der Waals surface area contributed by atoms with Gasteiger partial charge in [-0.1, -0.05) is 76.2 Å². The van der Waals surface area contributed by atoms with Crippen molar-refractivity contribution in [1.82, 2.24) is 10.6 Å². The number of carbonyl (C=O) groups excluding carboxylic acids is 2. The van der Waals surface area contributed by atoms with Gasteiger partial charge in [-0.25, -0.2) is 4.79 Å². The molecule has 0 saturated heterocycles. The van der Waals surface area contributed by atoms with Crippen LogP contribution < -0.4 is 10.6 Å². The molecule has 7 nitrogen and oxygen atoms in total. The van der Waals surface area contributed by atoms with Crippen molar-refractivity contribution in [2.75, 3.05) is 13.2 Å². The summed E-state index contributed by atoms with van der Waals surface area (Å²) in [5.74, 6) is -1.92. The van der Waals surface area contributed by atoms with Crippen LogP contribution in [0.4, 0.5) is 4.79 Å². The van der Waals surface area contributed by atoms with E-state index in [0.717, 1.165) is 22.3 Å². The normalized spacial score (nSPS) is 14.4. The van der Waals surface area contributed by atoms with Gasteiger partial charge in [0, 0.05) is 24.9 Å². The first-order valence-electron chi connectivity index (χ1n) is 12.2. The topological polar surface area (TPSA) is 105 Å². The van der Waals surface area contributed by atoms with Gasteiger partial charge >= 0.3 is 12.1 Å². The highest BCUT2D eigenvalue weighted by Crippen LogP contribution is 2.44. The standard InChI is InChI=1S/C28H36N2O5/c1-5-19(14-25(31)29-16-18(26(32)33)15-28(2,3)4)30-27(34)35-17-24-22-12-8-6-10-20(22)21-11-7-9-13-23(21)24/h6-13,18-19,24H,5,14-17H2,1-4H3,(H,29,31)(H,30,34)(H,32,33)/t18?,19-/m0/s1. The molecule has 188 valence electrons. The summed E-state index contributed by atoms with van der Waals surface area (Å²) in [7, 11) is 0. The lowest BCUT2D eigenvalue weighted by atomic mass is 9.84. The van der Waals surface area contributed by atoms with E-state index in [-0.39, 0.29) is 36.8 Å². The van der Waals surface area contributed by atoms with Gasteiger partial charge in [0.2, 0.25) is 5.91 Å². The molecular formula is C28H36N2O5. The molecule has 0 fully saturated rings. The lowest BCUT2D eigenvalue weighted by molar-refractivity contribution is -0.142. The van der Waals surface area contributed by atoms with Crippen LogP contribution in [0.15, 0.2) is 48.5 Å². The molecule has 1 aliphatic carbocycles. The highest BCUT2D eigenvalue weighted by Gasteiger charge is 2.29. The van der Waals surface area contributed by atoms with Gasteiger partial charge in [-0.15, -0.1) is 0 Å². The van der Waals surface area contributed by atoms with E-state index in [9.17, 15) is 19.5 Å². The number of alkyl carbamates (subject to hydrolysis) is 1. The monoisotopic (exact) mass is 480 g/mol. The number of hydrogen-bond donors (Lipinski definition) is 3. The van der Waals surface area contributed by atoms with Crippen molar-refractivity contribution >= 4 is 18.0 Å². The lowest BCUT2D eigenvalue weighted by Crippen LogP contribution is -2.41. The third-order valence-corrected chi connectivity index (χ3v) is 6.34. The molecule has 0 aromatic heterocycles. The van der Waals surface area contributed by atoms with E-state index in [0.29, 0.717) is 12.8 Å². The Morgan fingerprint density at radius 2 is 1.57 bits per heavy atom. The Morgan fingerprint density at radius 1 is 1.00 bits per heavy atom. The third kappa shape index (κ3) is 7.07. The highest BCUT2D eigenvalue weighted by atomic mass is 16.5. The Balaban J connectivity index is 1.51. The Morgan fingerprint density at radius 3 is 2.09 bits per heavy atom. The fraction of sp³-hybridized carbons (Fsp3) is 0.464. The van der Waals surface area contributed by atoms with Gasteiger partial charge < -0.3 is 20.5 Å². The van der Waals surface area contributed by atoms with Crippen molar-refractivity contribution in [3.05, 3.63) is 59.7 Å². The zero-order valence-corrected chi connectivity index (χ0v) is 21.0. The first-order valence-corrected chi connectivity index (χ1v) is 12.2. The fourth-order valence-corrected chi connectivity index (χ4v) is 4.62. The Labute approximate surface area is 207 Å². The summed E-state index contributed by atoms with van der Waals surface area (Å²) < 4.78 is 5.58. The number of carboxylic acid groups (broad SMARTS) is 1. The Bertz CT molecular complexity index is 1010. The number of hydrogen-bond acceptors (Lipinski definition) is 4. The summed E-state index contributed by atoms with van der Waals surface area (Å²) in [6.45, 7) is 8.05. The fourth-order valence-electron chi connectivity index (χ4n) is 4.62. The summed E-state index contributed by atoms with van der Waals surface area (Å²) >= 11 is 0. The number of amides is 2. The molecule has 7 heteroatoms. The van der Waals surface area contributed by atoms with Gasteiger partial charge in [-0.2, -0.15) is 0 Å². The molecule has 1 unspecified atom stereocenters. The maximum atomic E-state index is 12.5. The highest BCUT2D eigenvalue weighted by molar-refractivity contribution is 5.80. The summed E-state index contributed by atoms with van der Waals surface area (Å²) in [5.41, 5.74) is 4.43. The molecule has 0 heterocycles. The lowest BCUT2D eigenvalue weighted by Gasteiger charge is -2.24. The van der Waals surface area contributed by atoms with Crippen molar-refractivity contribution in [3.63, 3.8) is 0 Å². The average Bonchev–Trinajstić information content (AvgIpc) is 3.13. The predicted molar refractivity (Wildman–Crippen MR) is 135 cm³/mol. The molecule has 0 spiro atoms. The molecule has 3 rings (SSSR count). The summed E-state index contributed by atoms with van der Waals surface area (Å²) in [6, 6.07) is 15.9. The van der Waals surface area contributed by atoms with Crippen molar-refractivity contribution in [3.8, 4) is 11.1 Å². The molecule has 2 atom stereocenters. The van der Waals surface area contributed by atoms with Crippen LogP contribution in [-0.4, -0.2) is 42.3 Å². The molecule has 0 radical (unpaired) electrons. The van der Waals surface area contributed by atoms with Crippen molar-refractivity contribution in [1.29, 1.82) is 0 Å². The van der Waals surface area contributed by atoms with Crippen LogP contribution in [0.1, 0.15) is 64.0 Å². The van der Waals surface area contributed by atoms with Crippen LogP contribution in [0.25, 0.3) is 11.1 Å². The van der Waals surface area contributed by atoms with E-state index in [4.69, 9.17) is 4.74 Å². The van der Waals surface area contributed by atoms with Crippen LogP contribution in [0.5, 0.6) is 0 Å². The molecule has 0 saturated carbocycles. The van der Waals surface area contributed by atoms with Crippen molar-refractivity contribution in [2.45, 2.75) is 58.9 Å². The summed E-state index contributed by atoms with van der Waals surface area (Å²) in [5, 5.41) is 14.9. The second kappa shape index (κ2) is 11.4. The van der Waals surface area contributed by atoms with E-state index in [2.05, 4.69) is 34.9 Å². The quantitative estimate of drug-likeness (QED) is 0.446. The van der Waals surface area contributed by atoms with Crippen LogP contribution in [-0.2, 0) is 14.3 Å². The van der Waals surface area contributed by atoms with E-state index < -0.39 is 24.0 Å². The van der Waals surface area contributed by atoms with Crippen molar-refractivity contribution < 1.29 is 24.2 Å². The molecule has 2 aromatic carbocycles. The van der Waals surface area contributed by atoms with Crippen LogP contribution in [0.2, 0.25) is 0 Å². The van der Waals surface area contributed by atoms with E-state index in [1.807, 2.05) is 52.0 Å². The first-order chi connectivity index (χ1) is 16.6. The smallest absolute Gasteiger partial charge is 0.407 e. The predicted octanol–water partition coefficient (Wildman–Crippen LogP) is 4.95. The molecule has 1 aliphatic rings. The number of rotatable bonds is 10. The molecule has 0 bridgehead atoms. The van der Waals surface area contributed by atoms with Gasteiger partial charge in [0.25, 0.3) is 0 Å². The minimum absolute atomic E-state index is 0.0349. The Hall–Kier alpha value is -3.35. The molecular weight excluding hydrogens is 444 g/mol. The van der Waals surface area contributed by atoms with E-state index in [1.165, 1.54) is 0 Å². The minimum Gasteiger partial charge on any atom is -0.481 e. The molecule has 3 N–H and O–H groups in total. The second-order valence-corrected chi connectivity index (χ2v) is 10.4. The number of fused-ring (bicyclic) bond motifs is 3. The van der Waals surface area contributed by atoms with E-state index >= 15 is 0 Å². The number of carbonyl (C=O) groups is 3. The van der Waals surface area contributed by atoms with E-state index in [1.54, 1.807) is 0 Å². The molecule has 2 aromatic rings. The first kappa shape index (κ1) is 26.3. The second-order valence-electron chi connectivity index (χ2n) is 10.4. The number of carboxylic acids is 1. The number of benzene rings is 2. The van der Waals surface area contributed by atoms with Gasteiger partial charge in [0.15, 0.2) is 0 Å². The van der Waals surface area contributed by atoms with Gasteiger partial charge in [0.05, 0.1) is 5.92 Å². The van der Waals surface area contributed by atoms with Crippen LogP contribution >= 0.6 is 0 Å². The maximum absolute atomic E-state index is 12.5. The summed E-state index contributed by atoms with van der Waals surface area (Å²) in [4.78, 5) is 36.5. The van der Waals surface area contributed by atoms with Gasteiger partial charge in [-0.3, -0.25) is 9.59 Å². The van der Waals surface area contributed by atoms with Gasteiger partial charge in [0.1, 0.15) is 6.61 Å². The van der Waals surface area contributed by atoms with Crippen LogP contribution in [0.3, 0.4) is 0 Å². The zero-order chi connectivity index (χ0) is 25.6. The average molecular weight is 481 g/mol. The SMILES string of the molecule is CC[C@@H](CC(=O)NCC(CC(C)(C)C)C(=O)O)NC(=O)OCC1c2ccccc2-c2ccccc21. The van der Waals surface area contributed by atoms with Crippen molar-refractivity contribution in [2.24, 2.45) is 11.3 Å². The minimum atomic E-state index is -0.927. The van der Waals surface area contributed by atoms with Gasteiger partial charge in [-0.05, 0) is 40.5 Å². The molecule has 35 heavy (non-hydrogen) atoms. The number of ether oxygens (including phenoxy) is 1. The molecule has 2 amide bonds. The summed E-state index contributed by atoms with van der Waals surface area (Å²) in [6.07, 6.45) is 0.491. The maximum Gasteiger partial charge on any atom is 0.407 e.